The van der Waals surface area contributed by atoms with Gasteiger partial charge in [-0.2, -0.15) is 4.98 Å². The lowest BCUT2D eigenvalue weighted by Crippen LogP contribution is -2.71. The fourth-order valence-corrected chi connectivity index (χ4v) is 9.31. The van der Waals surface area contributed by atoms with Gasteiger partial charge in [0.2, 0.25) is 11.8 Å². The minimum Gasteiger partial charge on any atom is -0.339 e. The lowest BCUT2D eigenvalue weighted by molar-refractivity contribution is -0.211. The van der Waals surface area contributed by atoms with Crippen molar-refractivity contribution in [2.24, 2.45) is 10.8 Å². The molecule has 2 aromatic heterocycles. The van der Waals surface area contributed by atoms with E-state index in [0.29, 0.717) is 31.7 Å². The lowest BCUT2D eigenvalue weighted by Gasteiger charge is -2.65. The summed E-state index contributed by atoms with van der Waals surface area (Å²) < 4.78 is 21.5. The molecule has 4 bridgehead atoms. The highest BCUT2D eigenvalue weighted by Crippen LogP contribution is 2.70. The number of carbonyl (C=O) groups is 1. The number of halogens is 1. The Balaban J connectivity index is 1.09. The van der Waals surface area contributed by atoms with Crippen LogP contribution in [0.3, 0.4) is 0 Å². The zero-order chi connectivity index (χ0) is 29.8. The first-order valence-corrected chi connectivity index (χ1v) is 16.5. The number of thiazole rings is 1. The molecular formula is C35H39FN4O2S. The number of amides is 1. The van der Waals surface area contributed by atoms with Gasteiger partial charge in [0.25, 0.3) is 0 Å². The van der Waals surface area contributed by atoms with Crippen molar-refractivity contribution in [3.8, 4) is 11.1 Å². The molecule has 6 nitrogen and oxygen atoms in total. The van der Waals surface area contributed by atoms with E-state index in [9.17, 15) is 9.18 Å². The van der Waals surface area contributed by atoms with E-state index in [2.05, 4.69) is 73.4 Å². The minimum absolute atomic E-state index is 0.0361. The summed E-state index contributed by atoms with van der Waals surface area (Å²) in [5, 5.41) is 5.52. The van der Waals surface area contributed by atoms with E-state index in [-0.39, 0.29) is 22.2 Å². The number of hydrogen-bond donors (Lipinski definition) is 0. The molecule has 8 heteroatoms. The number of aryl methyl sites for hydroxylation is 1. The van der Waals surface area contributed by atoms with Crippen molar-refractivity contribution in [1.29, 1.82) is 0 Å². The first kappa shape index (κ1) is 27.4. The third kappa shape index (κ3) is 4.30. The lowest BCUT2D eigenvalue weighted by atomic mass is 9.41. The third-order valence-corrected chi connectivity index (χ3v) is 12.0. The maximum Gasteiger partial charge on any atom is 0.233 e. The highest BCUT2D eigenvalue weighted by molar-refractivity contribution is 7.18. The predicted molar refractivity (Wildman–Crippen MR) is 167 cm³/mol. The number of fused-ring (bicyclic) bond motifs is 4. The Labute approximate surface area is 256 Å². The molecule has 0 unspecified atom stereocenters. The Hall–Kier alpha value is -3.13. The monoisotopic (exact) mass is 598 g/mol. The number of benzene rings is 2. The summed E-state index contributed by atoms with van der Waals surface area (Å²) in [4.78, 5) is 25.8. The van der Waals surface area contributed by atoms with Crippen LogP contribution in [0.15, 0.2) is 47.0 Å². The van der Waals surface area contributed by atoms with Crippen LogP contribution in [-0.4, -0.2) is 33.2 Å². The third-order valence-electron chi connectivity index (χ3n) is 11.1. The Morgan fingerprint density at radius 1 is 0.977 bits per heavy atom. The molecule has 4 aromatic rings. The van der Waals surface area contributed by atoms with E-state index in [1.807, 2.05) is 11.8 Å². The summed E-state index contributed by atoms with van der Waals surface area (Å²) in [6.45, 7) is 9.02. The van der Waals surface area contributed by atoms with Gasteiger partial charge in [0, 0.05) is 23.1 Å². The van der Waals surface area contributed by atoms with Crippen LogP contribution < -0.4 is 4.90 Å². The maximum atomic E-state index is 14.6. The second kappa shape index (κ2) is 8.96. The van der Waals surface area contributed by atoms with Crippen molar-refractivity contribution in [3.63, 3.8) is 0 Å². The smallest absolute Gasteiger partial charge is 0.233 e. The van der Waals surface area contributed by atoms with Gasteiger partial charge in [-0.3, -0.25) is 4.79 Å². The summed E-state index contributed by atoms with van der Waals surface area (Å²) >= 11 is 1.70. The number of nitrogens with zero attached hydrogens (tertiary/aromatic N) is 4. The molecule has 6 aliphatic rings. The molecular weight excluding hydrogens is 559 g/mol. The molecule has 0 atom stereocenters. The van der Waals surface area contributed by atoms with Crippen molar-refractivity contribution in [2.45, 2.75) is 102 Å². The van der Waals surface area contributed by atoms with E-state index >= 15 is 0 Å². The molecule has 6 fully saturated rings. The van der Waals surface area contributed by atoms with Gasteiger partial charge in [-0.15, -0.1) is 11.3 Å². The molecule has 0 N–H and O–H groups in total. The van der Waals surface area contributed by atoms with Gasteiger partial charge in [0.1, 0.15) is 5.67 Å². The van der Waals surface area contributed by atoms with E-state index in [0.717, 1.165) is 71.7 Å². The average Bonchev–Trinajstić information content (AvgIpc) is 3.61. The molecule has 0 aliphatic heterocycles. The van der Waals surface area contributed by atoms with Crippen LogP contribution in [0.2, 0.25) is 0 Å². The second-order valence-electron chi connectivity index (χ2n) is 15.3. The van der Waals surface area contributed by atoms with E-state index in [1.165, 1.54) is 4.70 Å². The quantitative estimate of drug-likeness (QED) is 0.223. The molecule has 2 aromatic carbocycles. The Bertz CT molecular complexity index is 1720. The average molecular weight is 599 g/mol. The first-order valence-electron chi connectivity index (χ1n) is 15.7. The first-order chi connectivity index (χ1) is 20.4. The number of anilines is 1. The van der Waals surface area contributed by atoms with Crippen LogP contribution in [0.5, 0.6) is 0 Å². The number of rotatable bonds is 6. The van der Waals surface area contributed by atoms with Gasteiger partial charge in [-0.05, 0) is 106 Å². The largest absolute Gasteiger partial charge is 0.339 e. The predicted octanol–water partition coefficient (Wildman–Crippen LogP) is 8.47. The van der Waals surface area contributed by atoms with Gasteiger partial charge >= 0.3 is 0 Å². The number of carbonyl (C=O) groups excluding carboxylic acids is 1. The molecule has 6 saturated carbocycles. The van der Waals surface area contributed by atoms with Crippen LogP contribution >= 0.6 is 11.3 Å². The van der Waals surface area contributed by atoms with Gasteiger partial charge in [0.15, 0.2) is 5.82 Å². The topological polar surface area (TPSA) is 72.1 Å². The summed E-state index contributed by atoms with van der Waals surface area (Å²) in [5.74, 6) is 1.67. The Morgan fingerprint density at radius 2 is 1.67 bits per heavy atom. The minimum atomic E-state index is -1.12. The van der Waals surface area contributed by atoms with Crippen molar-refractivity contribution in [3.05, 3.63) is 59.2 Å². The fourth-order valence-electron chi connectivity index (χ4n) is 8.45. The normalized spacial score (nSPS) is 31.1. The van der Waals surface area contributed by atoms with E-state index < -0.39 is 11.1 Å². The van der Waals surface area contributed by atoms with Crippen LogP contribution in [0, 0.1) is 17.8 Å². The molecule has 10 rings (SSSR count). The number of alkyl halides is 1. The standard InChI is InChI=1S/C35H39FN4O2S/c1-22-37-26-9-8-24(17-27(26)43-22)23-6-5-7-25(16-23)40(30(41)34-18-35(36,19-34)20-34)21-32-10-13-33(14-11-32,15-12-32)28-38-29(42-39-28)31(2,3)4/h5-9,16-17H,10-15,18-21H2,1-4H3. The summed E-state index contributed by atoms with van der Waals surface area (Å²) in [7, 11) is 0. The van der Waals surface area contributed by atoms with Crippen LogP contribution in [-0.2, 0) is 15.6 Å². The number of hydrogen-bond acceptors (Lipinski definition) is 6. The molecule has 224 valence electrons. The van der Waals surface area contributed by atoms with Gasteiger partial charge < -0.3 is 9.42 Å². The van der Waals surface area contributed by atoms with Crippen molar-refractivity contribution in [1.82, 2.24) is 15.1 Å². The van der Waals surface area contributed by atoms with Gasteiger partial charge in [-0.1, -0.05) is 44.1 Å². The van der Waals surface area contributed by atoms with E-state index in [4.69, 9.17) is 9.51 Å². The zero-order valence-corrected chi connectivity index (χ0v) is 26.3. The fraction of sp³-hybridized carbons (Fsp3) is 0.543. The van der Waals surface area contributed by atoms with Crippen LogP contribution in [0.1, 0.15) is 95.3 Å². The Morgan fingerprint density at radius 3 is 2.33 bits per heavy atom. The molecule has 1 amide bonds. The van der Waals surface area contributed by atoms with Crippen molar-refractivity contribution >= 4 is 33.1 Å². The van der Waals surface area contributed by atoms with Crippen molar-refractivity contribution in [2.75, 3.05) is 11.4 Å². The highest BCUT2D eigenvalue weighted by Gasteiger charge is 2.73. The second-order valence-corrected chi connectivity index (χ2v) is 16.5. The molecule has 0 saturated heterocycles. The van der Waals surface area contributed by atoms with Crippen LogP contribution in [0.25, 0.3) is 21.3 Å². The van der Waals surface area contributed by atoms with E-state index in [1.54, 1.807) is 11.3 Å². The molecule has 2 heterocycles. The zero-order valence-electron chi connectivity index (χ0n) is 25.5. The van der Waals surface area contributed by atoms with Gasteiger partial charge in [-0.25, -0.2) is 9.37 Å². The SMILES string of the molecule is Cc1nc2ccc(-c3cccc(N(CC45CCC(c6noc(C(C)(C)C)n6)(CC4)CC5)C(=O)C45CC(F)(C4)C5)c3)cc2s1. The van der Waals surface area contributed by atoms with Gasteiger partial charge in [0.05, 0.1) is 20.6 Å². The molecule has 0 spiro atoms. The summed E-state index contributed by atoms with van der Waals surface area (Å²) in [5.41, 5.74) is 2.33. The summed E-state index contributed by atoms with van der Waals surface area (Å²) in [6, 6.07) is 14.8. The summed E-state index contributed by atoms with van der Waals surface area (Å²) in [6.07, 6.45) is 7.22. The highest BCUT2D eigenvalue weighted by atomic mass is 32.1. The molecule has 43 heavy (non-hydrogen) atoms. The number of aromatic nitrogens is 3. The van der Waals surface area contributed by atoms with Crippen molar-refractivity contribution < 1.29 is 13.7 Å². The molecule has 6 aliphatic carbocycles. The molecule has 0 radical (unpaired) electrons. The Kier molecular flexibility index (Phi) is 5.71. The van der Waals surface area contributed by atoms with Crippen LogP contribution in [0.4, 0.5) is 10.1 Å². The maximum absolute atomic E-state index is 14.6.